The maximum atomic E-state index is 11.8. The summed E-state index contributed by atoms with van der Waals surface area (Å²) in [5.41, 5.74) is 8.35. The Hall–Kier alpha value is -1.35. The number of nitrogens with two attached hydrogens (primary N) is 1. The van der Waals surface area contributed by atoms with Crippen LogP contribution in [-0.2, 0) is 16.8 Å². The lowest BCUT2D eigenvalue weighted by molar-refractivity contribution is -0.122. The molecule has 0 radical (unpaired) electrons. The van der Waals surface area contributed by atoms with Crippen LogP contribution in [0.1, 0.15) is 51.2 Å². The molecule has 19 heavy (non-hydrogen) atoms. The fourth-order valence-electron chi connectivity index (χ4n) is 2.20. The second-order valence-corrected chi connectivity index (χ2v) is 6.65. The summed E-state index contributed by atoms with van der Waals surface area (Å²) in [6.07, 6.45) is 3.44. The summed E-state index contributed by atoms with van der Waals surface area (Å²) in [4.78, 5) is 11.8. The van der Waals surface area contributed by atoms with Gasteiger partial charge in [0, 0.05) is 17.5 Å². The fourth-order valence-corrected chi connectivity index (χ4v) is 2.20. The Morgan fingerprint density at radius 3 is 2.63 bits per heavy atom. The van der Waals surface area contributed by atoms with E-state index in [1.165, 1.54) is 11.1 Å². The highest BCUT2D eigenvalue weighted by atomic mass is 16.1. The van der Waals surface area contributed by atoms with Crippen LogP contribution in [0.4, 0.5) is 0 Å². The maximum absolute atomic E-state index is 11.8. The first-order valence-corrected chi connectivity index (χ1v) is 6.98. The number of rotatable bonds is 4. The second kappa shape index (κ2) is 4.97. The first-order valence-electron chi connectivity index (χ1n) is 6.98. The van der Waals surface area contributed by atoms with Gasteiger partial charge in [-0.2, -0.15) is 0 Å². The summed E-state index contributed by atoms with van der Waals surface area (Å²) in [7, 11) is 0. The third-order valence-electron chi connectivity index (χ3n) is 3.45. The zero-order chi connectivity index (χ0) is 14.1. The van der Waals surface area contributed by atoms with Gasteiger partial charge in [0.05, 0.1) is 0 Å². The molecule has 1 saturated carbocycles. The zero-order valence-electron chi connectivity index (χ0n) is 12.1. The molecule has 0 aliphatic heterocycles. The molecule has 1 aromatic rings. The molecular weight excluding hydrogens is 236 g/mol. The fraction of sp³-hybridized carbons (Fsp3) is 0.562. The zero-order valence-corrected chi connectivity index (χ0v) is 12.1. The average Bonchev–Trinajstić information content (AvgIpc) is 3.04. The van der Waals surface area contributed by atoms with Crippen molar-refractivity contribution < 1.29 is 4.79 Å². The van der Waals surface area contributed by atoms with Gasteiger partial charge in [0.25, 0.3) is 0 Å². The van der Waals surface area contributed by atoms with E-state index in [0.29, 0.717) is 6.42 Å². The van der Waals surface area contributed by atoms with Gasteiger partial charge in [0.2, 0.25) is 5.91 Å². The molecule has 0 saturated heterocycles. The molecule has 0 atom stereocenters. The quantitative estimate of drug-likeness (QED) is 0.874. The number of nitrogens with one attached hydrogen (secondary N) is 1. The van der Waals surface area contributed by atoms with E-state index in [0.717, 1.165) is 19.3 Å². The van der Waals surface area contributed by atoms with Gasteiger partial charge in [-0.25, -0.2) is 0 Å². The van der Waals surface area contributed by atoms with Crippen LogP contribution in [0.25, 0.3) is 0 Å². The molecule has 0 aromatic heterocycles. The average molecular weight is 260 g/mol. The largest absolute Gasteiger partial charge is 0.351 e. The van der Waals surface area contributed by atoms with Crippen molar-refractivity contribution in [2.24, 2.45) is 5.73 Å². The number of amides is 1. The first kappa shape index (κ1) is 14.1. The third kappa shape index (κ3) is 4.06. The molecule has 104 valence electrons. The van der Waals surface area contributed by atoms with Gasteiger partial charge in [-0.1, -0.05) is 24.3 Å². The number of carbonyl (C=O) groups is 1. The third-order valence-corrected chi connectivity index (χ3v) is 3.45. The Bertz CT molecular complexity index is 470. The van der Waals surface area contributed by atoms with Crippen molar-refractivity contribution in [2.45, 2.75) is 57.5 Å². The monoisotopic (exact) mass is 260 g/mol. The van der Waals surface area contributed by atoms with Crippen LogP contribution in [-0.4, -0.2) is 11.4 Å². The van der Waals surface area contributed by atoms with Gasteiger partial charge in [0.1, 0.15) is 0 Å². The minimum atomic E-state index is -0.158. The van der Waals surface area contributed by atoms with Crippen LogP contribution in [0.3, 0.4) is 0 Å². The number of benzene rings is 1. The summed E-state index contributed by atoms with van der Waals surface area (Å²) < 4.78 is 0. The first-order chi connectivity index (χ1) is 8.78. The predicted octanol–water partition coefficient (Wildman–Crippen LogP) is 2.48. The van der Waals surface area contributed by atoms with E-state index in [-0.39, 0.29) is 17.0 Å². The number of carbonyl (C=O) groups excluding carboxylic acids is 1. The molecule has 1 amide bonds. The van der Waals surface area contributed by atoms with Gasteiger partial charge in [-0.3, -0.25) is 4.79 Å². The second-order valence-electron chi connectivity index (χ2n) is 6.65. The lowest BCUT2D eigenvalue weighted by Crippen LogP contribution is -2.40. The Morgan fingerprint density at radius 1 is 1.37 bits per heavy atom. The van der Waals surface area contributed by atoms with Crippen LogP contribution in [0.5, 0.6) is 0 Å². The van der Waals surface area contributed by atoms with Crippen molar-refractivity contribution in [3.63, 3.8) is 0 Å². The Kier molecular flexibility index (Phi) is 3.68. The van der Waals surface area contributed by atoms with Crippen molar-refractivity contribution in [1.82, 2.24) is 5.32 Å². The van der Waals surface area contributed by atoms with Crippen molar-refractivity contribution in [3.05, 3.63) is 35.4 Å². The molecule has 0 heterocycles. The van der Waals surface area contributed by atoms with Crippen LogP contribution >= 0.6 is 0 Å². The molecule has 0 spiro atoms. The molecule has 3 heteroatoms. The summed E-state index contributed by atoms with van der Waals surface area (Å²) in [5, 5.41) is 2.98. The van der Waals surface area contributed by atoms with Crippen molar-refractivity contribution >= 4 is 5.91 Å². The van der Waals surface area contributed by atoms with Crippen LogP contribution < -0.4 is 11.1 Å². The highest BCUT2D eigenvalue weighted by Gasteiger charge is 2.39. The van der Waals surface area contributed by atoms with Crippen molar-refractivity contribution in [2.75, 3.05) is 0 Å². The van der Waals surface area contributed by atoms with E-state index in [9.17, 15) is 4.79 Å². The normalized spacial score (nSPS) is 17.1. The van der Waals surface area contributed by atoms with Gasteiger partial charge in [-0.05, 0) is 51.2 Å². The van der Waals surface area contributed by atoms with E-state index < -0.39 is 0 Å². The lowest BCUT2D eigenvalue weighted by Gasteiger charge is -2.20. The highest BCUT2D eigenvalue weighted by molar-refractivity contribution is 5.76. The van der Waals surface area contributed by atoms with Crippen LogP contribution in [0.2, 0.25) is 0 Å². The maximum Gasteiger partial charge on any atom is 0.220 e. The van der Waals surface area contributed by atoms with Gasteiger partial charge in [-0.15, -0.1) is 0 Å². The Morgan fingerprint density at radius 2 is 2.05 bits per heavy atom. The van der Waals surface area contributed by atoms with Gasteiger partial charge < -0.3 is 11.1 Å². The molecule has 3 nitrogen and oxygen atoms in total. The van der Waals surface area contributed by atoms with E-state index in [4.69, 9.17) is 5.73 Å². The lowest BCUT2D eigenvalue weighted by atomic mass is 10.00. The summed E-state index contributed by atoms with van der Waals surface area (Å²) >= 11 is 0. The van der Waals surface area contributed by atoms with Crippen molar-refractivity contribution in [3.8, 4) is 0 Å². The van der Waals surface area contributed by atoms with Gasteiger partial charge in [0.15, 0.2) is 0 Å². The standard InChI is InChI=1S/C16H24N2O/c1-15(2,3)18-14(19)8-7-12-5-4-6-13(11-12)16(17)9-10-16/h4-6,11H,7-10,17H2,1-3H3,(H,18,19). The highest BCUT2D eigenvalue weighted by Crippen LogP contribution is 2.42. The number of hydrogen-bond acceptors (Lipinski definition) is 2. The minimum absolute atomic E-state index is 0.0936. The summed E-state index contributed by atoms with van der Waals surface area (Å²) in [5.74, 6) is 0.104. The smallest absolute Gasteiger partial charge is 0.220 e. The Balaban J connectivity index is 1.91. The minimum Gasteiger partial charge on any atom is -0.351 e. The topological polar surface area (TPSA) is 55.1 Å². The number of aryl methyl sites for hydroxylation is 1. The number of hydrogen-bond donors (Lipinski definition) is 2. The van der Waals surface area contributed by atoms with E-state index >= 15 is 0 Å². The molecule has 3 N–H and O–H groups in total. The summed E-state index contributed by atoms with van der Waals surface area (Å²) in [6, 6.07) is 8.35. The SMILES string of the molecule is CC(C)(C)NC(=O)CCc1cccc(C2(N)CC2)c1. The molecule has 1 aliphatic rings. The molecule has 1 fully saturated rings. The van der Waals surface area contributed by atoms with E-state index in [1.54, 1.807) is 0 Å². The molecule has 0 bridgehead atoms. The predicted molar refractivity (Wildman–Crippen MR) is 77.8 cm³/mol. The van der Waals surface area contributed by atoms with Crippen LogP contribution in [0, 0.1) is 0 Å². The molecular formula is C16H24N2O. The molecule has 0 unspecified atom stereocenters. The molecule has 1 aromatic carbocycles. The van der Waals surface area contributed by atoms with E-state index in [2.05, 4.69) is 23.5 Å². The Labute approximate surface area is 115 Å². The van der Waals surface area contributed by atoms with E-state index in [1.807, 2.05) is 26.8 Å². The van der Waals surface area contributed by atoms with Crippen molar-refractivity contribution in [1.29, 1.82) is 0 Å². The summed E-state index contributed by atoms with van der Waals surface area (Å²) in [6.45, 7) is 5.99. The van der Waals surface area contributed by atoms with Crippen LogP contribution in [0.15, 0.2) is 24.3 Å². The molecule has 2 rings (SSSR count). The molecule has 1 aliphatic carbocycles. The van der Waals surface area contributed by atoms with Gasteiger partial charge >= 0.3 is 0 Å².